The van der Waals surface area contributed by atoms with Gasteiger partial charge in [-0.2, -0.15) is 0 Å². The number of likely N-dealkylation sites (N-methyl/N-ethyl adjacent to an activating group) is 1. The van der Waals surface area contributed by atoms with E-state index >= 15 is 0 Å². The minimum Gasteiger partial charge on any atom is -0.347 e. The van der Waals surface area contributed by atoms with Crippen molar-refractivity contribution < 1.29 is 4.79 Å². The molecular formula is C14H17IN4O. The van der Waals surface area contributed by atoms with E-state index in [1.165, 1.54) is 0 Å². The van der Waals surface area contributed by atoms with Gasteiger partial charge in [0.2, 0.25) is 5.91 Å². The molecule has 0 radical (unpaired) electrons. The number of carbonyl (C=O) groups is 1. The number of carbonyl (C=O) groups excluding carboxylic acids is 1. The van der Waals surface area contributed by atoms with Crippen molar-refractivity contribution in [1.29, 1.82) is 0 Å². The SMILES string of the molecule is C#Cc1cccc(NC(=O)CNC2=NCCN2C)c1.I. The molecule has 0 spiro atoms. The van der Waals surface area contributed by atoms with Crippen LogP contribution in [0.3, 0.4) is 0 Å². The molecule has 1 amide bonds. The Balaban J connectivity index is 0.00000200. The van der Waals surface area contributed by atoms with Crippen molar-refractivity contribution in [2.75, 3.05) is 32.0 Å². The van der Waals surface area contributed by atoms with Crippen molar-refractivity contribution in [1.82, 2.24) is 10.2 Å². The van der Waals surface area contributed by atoms with E-state index in [0.717, 1.165) is 24.6 Å². The molecule has 1 aliphatic heterocycles. The Bertz CT molecular complexity index is 550. The minimum atomic E-state index is -0.128. The van der Waals surface area contributed by atoms with Crippen LogP contribution in [0.1, 0.15) is 5.56 Å². The van der Waals surface area contributed by atoms with E-state index in [9.17, 15) is 4.79 Å². The summed E-state index contributed by atoms with van der Waals surface area (Å²) in [5.74, 6) is 3.16. The Morgan fingerprint density at radius 3 is 3.00 bits per heavy atom. The van der Waals surface area contributed by atoms with E-state index in [1.54, 1.807) is 12.1 Å². The standard InChI is InChI=1S/C14H16N4O.HI/c1-3-11-5-4-6-12(9-11)17-13(19)10-16-14-15-7-8-18(14)2;/h1,4-6,9H,7-8,10H2,2H3,(H,15,16)(H,17,19);1H. The Morgan fingerprint density at radius 2 is 2.35 bits per heavy atom. The van der Waals surface area contributed by atoms with Crippen molar-refractivity contribution in [3.05, 3.63) is 29.8 Å². The summed E-state index contributed by atoms with van der Waals surface area (Å²) in [6.07, 6.45) is 5.31. The number of anilines is 1. The predicted molar refractivity (Wildman–Crippen MR) is 91.4 cm³/mol. The van der Waals surface area contributed by atoms with Crippen LogP contribution in [-0.4, -0.2) is 43.4 Å². The zero-order valence-corrected chi connectivity index (χ0v) is 13.5. The number of guanidine groups is 1. The van der Waals surface area contributed by atoms with E-state index in [-0.39, 0.29) is 36.4 Å². The van der Waals surface area contributed by atoms with Crippen LogP contribution in [0.15, 0.2) is 29.3 Å². The summed E-state index contributed by atoms with van der Waals surface area (Å²) >= 11 is 0. The number of amides is 1. The highest BCUT2D eigenvalue weighted by atomic mass is 127. The molecule has 6 heteroatoms. The summed E-state index contributed by atoms with van der Waals surface area (Å²) in [5, 5.41) is 5.79. The first-order valence-electron chi connectivity index (χ1n) is 6.05. The molecular weight excluding hydrogens is 367 g/mol. The average molecular weight is 384 g/mol. The number of terminal acetylenes is 1. The maximum atomic E-state index is 11.8. The van der Waals surface area contributed by atoms with Gasteiger partial charge in [0.15, 0.2) is 5.96 Å². The zero-order valence-electron chi connectivity index (χ0n) is 11.2. The largest absolute Gasteiger partial charge is 0.347 e. The van der Waals surface area contributed by atoms with Crippen LogP contribution in [0, 0.1) is 12.3 Å². The molecule has 1 aromatic carbocycles. The lowest BCUT2D eigenvalue weighted by atomic mass is 10.2. The van der Waals surface area contributed by atoms with Crippen molar-refractivity contribution in [3.63, 3.8) is 0 Å². The Kier molecular flexibility index (Phi) is 6.31. The fourth-order valence-electron chi connectivity index (χ4n) is 1.77. The lowest BCUT2D eigenvalue weighted by Crippen LogP contribution is -2.39. The van der Waals surface area contributed by atoms with E-state index in [4.69, 9.17) is 6.42 Å². The van der Waals surface area contributed by atoms with Crippen molar-refractivity contribution in [2.24, 2.45) is 4.99 Å². The molecule has 2 rings (SSSR count). The van der Waals surface area contributed by atoms with E-state index in [1.807, 2.05) is 24.1 Å². The molecule has 20 heavy (non-hydrogen) atoms. The normalized spacial score (nSPS) is 13.0. The molecule has 0 fully saturated rings. The molecule has 0 aliphatic carbocycles. The number of hydrogen-bond donors (Lipinski definition) is 2. The number of hydrogen-bond acceptors (Lipinski definition) is 4. The fraction of sp³-hybridized carbons (Fsp3) is 0.286. The van der Waals surface area contributed by atoms with Gasteiger partial charge in [0, 0.05) is 24.8 Å². The van der Waals surface area contributed by atoms with Gasteiger partial charge in [-0.1, -0.05) is 12.0 Å². The lowest BCUT2D eigenvalue weighted by Gasteiger charge is -2.15. The second-order valence-electron chi connectivity index (χ2n) is 4.25. The third-order valence-corrected chi connectivity index (χ3v) is 2.78. The Hall–Kier alpha value is -1.75. The van der Waals surface area contributed by atoms with Gasteiger partial charge in [0.05, 0.1) is 13.1 Å². The average Bonchev–Trinajstić information content (AvgIpc) is 2.82. The number of nitrogens with one attached hydrogen (secondary N) is 2. The predicted octanol–water partition coefficient (Wildman–Crippen LogP) is 1.12. The zero-order chi connectivity index (χ0) is 13.7. The molecule has 0 bridgehead atoms. The van der Waals surface area contributed by atoms with Gasteiger partial charge < -0.3 is 15.5 Å². The quantitative estimate of drug-likeness (QED) is 0.607. The molecule has 1 heterocycles. The molecule has 1 aliphatic rings. The van der Waals surface area contributed by atoms with Gasteiger partial charge in [-0.25, -0.2) is 0 Å². The second-order valence-corrected chi connectivity index (χ2v) is 4.25. The summed E-state index contributed by atoms with van der Waals surface area (Å²) in [6, 6.07) is 7.19. The van der Waals surface area contributed by atoms with Gasteiger partial charge in [-0.3, -0.25) is 9.79 Å². The molecule has 106 valence electrons. The Morgan fingerprint density at radius 1 is 1.55 bits per heavy atom. The van der Waals surface area contributed by atoms with Crippen LogP contribution >= 0.6 is 24.0 Å². The number of aliphatic imine (C=N–C) groups is 1. The van der Waals surface area contributed by atoms with Crippen LogP contribution in [0.2, 0.25) is 0 Å². The van der Waals surface area contributed by atoms with Crippen LogP contribution in [0.25, 0.3) is 0 Å². The smallest absolute Gasteiger partial charge is 0.243 e. The fourth-order valence-corrected chi connectivity index (χ4v) is 1.77. The van der Waals surface area contributed by atoms with Gasteiger partial charge in [-0.15, -0.1) is 30.4 Å². The summed E-state index contributed by atoms with van der Waals surface area (Å²) in [6.45, 7) is 1.84. The number of halogens is 1. The van der Waals surface area contributed by atoms with E-state index < -0.39 is 0 Å². The van der Waals surface area contributed by atoms with Crippen LogP contribution in [-0.2, 0) is 4.79 Å². The minimum absolute atomic E-state index is 0. The third-order valence-electron chi connectivity index (χ3n) is 2.78. The summed E-state index contributed by atoms with van der Waals surface area (Å²) in [7, 11) is 1.94. The third kappa shape index (κ3) is 4.42. The number of nitrogens with zero attached hydrogens (tertiary/aromatic N) is 2. The van der Waals surface area contributed by atoms with Crippen LogP contribution in [0.5, 0.6) is 0 Å². The van der Waals surface area contributed by atoms with Crippen molar-refractivity contribution in [2.45, 2.75) is 0 Å². The van der Waals surface area contributed by atoms with Crippen LogP contribution < -0.4 is 10.6 Å². The van der Waals surface area contributed by atoms with Gasteiger partial charge in [0.1, 0.15) is 0 Å². The number of benzene rings is 1. The maximum absolute atomic E-state index is 11.8. The highest BCUT2D eigenvalue weighted by Crippen LogP contribution is 2.09. The molecule has 0 saturated carbocycles. The lowest BCUT2D eigenvalue weighted by molar-refractivity contribution is -0.115. The summed E-state index contributed by atoms with van der Waals surface area (Å²) < 4.78 is 0. The monoisotopic (exact) mass is 384 g/mol. The molecule has 5 nitrogen and oxygen atoms in total. The Labute approximate surface area is 135 Å². The molecule has 2 N–H and O–H groups in total. The van der Waals surface area contributed by atoms with Gasteiger partial charge in [-0.05, 0) is 18.2 Å². The summed E-state index contributed by atoms with van der Waals surface area (Å²) in [4.78, 5) is 18.0. The van der Waals surface area contributed by atoms with Gasteiger partial charge >= 0.3 is 0 Å². The highest BCUT2D eigenvalue weighted by Gasteiger charge is 2.12. The van der Waals surface area contributed by atoms with Crippen LogP contribution in [0.4, 0.5) is 5.69 Å². The molecule has 0 unspecified atom stereocenters. The molecule has 0 aromatic heterocycles. The second kappa shape index (κ2) is 7.75. The van der Waals surface area contributed by atoms with E-state index in [0.29, 0.717) is 5.69 Å². The number of rotatable bonds is 3. The van der Waals surface area contributed by atoms with Gasteiger partial charge in [0.25, 0.3) is 0 Å². The summed E-state index contributed by atoms with van der Waals surface area (Å²) in [5.41, 5.74) is 1.44. The van der Waals surface area contributed by atoms with E-state index in [2.05, 4.69) is 21.5 Å². The first kappa shape index (κ1) is 16.3. The first-order chi connectivity index (χ1) is 9.19. The molecule has 0 atom stereocenters. The van der Waals surface area contributed by atoms with Crippen molar-refractivity contribution >= 4 is 41.5 Å². The topological polar surface area (TPSA) is 56.7 Å². The molecule has 1 aromatic rings. The first-order valence-corrected chi connectivity index (χ1v) is 6.05. The highest BCUT2D eigenvalue weighted by molar-refractivity contribution is 14.0. The maximum Gasteiger partial charge on any atom is 0.243 e. The molecule has 0 saturated heterocycles. The van der Waals surface area contributed by atoms with Crippen molar-refractivity contribution in [3.8, 4) is 12.3 Å².